The Kier molecular flexibility index (Phi) is 5.27. The van der Waals surface area contributed by atoms with Gasteiger partial charge in [0.2, 0.25) is 5.75 Å². The van der Waals surface area contributed by atoms with Crippen molar-refractivity contribution in [2.24, 2.45) is 0 Å². The monoisotopic (exact) mass is 411 g/mol. The molecule has 7 nitrogen and oxygen atoms in total. The Hall–Kier alpha value is -3.43. The molecular formula is C19H16F3NO6. The molecule has 2 aromatic rings. The molecule has 0 aliphatic carbocycles. The molecule has 0 bridgehead atoms. The minimum absolute atomic E-state index is 0.127. The quantitative estimate of drug-likeness (QED) is 0.702. The number of methoxy groups -OCH3 is 3. The van der Waals surface area contributed by atoms with Crippen molar-refractivity contribution in [2.75, 3.05) is 21.3 Å². The SMILES string of the molecule is COc1cc2c(c(OC)c1OC)CN(C(=O)c1ccccc1OC(F)(F)F)C2=O. The minimum Gasteiger partial charge on any atom is -0.493 e. The van der Waals surface area contributed by atoms with Gasteiger partial charge < -0.3 is 18.9 Å². The third-order valence-electron chi connectivity index (χ3n) is 4.31. The summed E-state index contributed by atoms with van der Waals surface area (Å²) in [6.45, 7) is -0.211. The van der Waals surface area contributed by atoms with Crippen LogP contribution in [0.3, 0.4) is 0 Å². The number of rotatable bonds is 5. The van der Waals surface area contributed by atoms with E-state index < -0.39 is 29.5 Å². The van der Waals surface area contributed by atoms with Gasteiger partial charge in [-0.25, -0.2) is 0 Å². The normalized spacial score (nSPS) is 13.2. The number of hydrogen-bond acceptors (Lipinski definition) is 6. The van der Waals surface area contributed by atoms with Crippen molar-refractivity contribution in [2.45, 2.75) is 12.9 Å². The summed E-state index contributed by atoms with van der Waals surface area (Å²) < 4.78 is 57.7. The van der Waals surface area contributed by atoms with E-state index >= 15 is 0 Å². The van der Waals surface area contributed by atoms with E-state index in [2.05, 4.69) is 4.74 Å². The highest BCUT2D eigenvalue weighted by Crippen LogP contribution is 2.45. The van der Waals surface area contributed by atoms with Crippen LogP contribution in [0.15, 0.2) is 30.3 Å². The summed E-state index contributed by atoms with van der Waals surface area (Å²) in [5.41, 5.74) is 0.0867. The van der Waals surface area contributed by atoms with Gasteiger partial charge in [-0.15, -0.1) is 13.2 Å². The maximum Gasteiger partial charge on any atom is 0.573 e. The number of hydrogen-bond donors (Lipinski definition) is 0. The highest BCUT2D eigenvalue weighted by molar-refractivity contribution is 6.14. The first-order chi connectivity index (χ1) is 13.7. The maximum atomic E-state index is 12.9. The lowest BCUT2D eigenvalue weighted by atomic mass is 10.1. The second-order valence-electron chi connectivity index (χ2n) is 5.91. The average Bonchev–Trinajstić information content (AvgIpc) is 3.01. The summed E-state index contributed by atoms with van der Waals surface area (Å²) in [5, 5.41) is 0. The van der Waals surface area contributed by atoms with Crippen LogP contribution in [-0.4, -0.2) is 44.4 Å². The zero-order valence-electron chi connectivity index (χ0n) is 15.6. The van der Waals surface area contributed by atoms with E-state index in [1.54, 1.807) is 0 Å². The second-order valence-corrected chi connectivity index (χ2v) is 5.91. The summed E-state index contributed by atoms with van der Waals surface area (Å²) in [6.07, 6.45) is -4.99. The molecule has 154 valence electrons. The molecule has 2 aromatic carbocycles. The molecule has 29 heavy (non-hydrogen) atoms. The number of carbonyl (C=O) groups excluding carboxylic acids is 2. The summed E-state index contributed by atoms with van der Waals surface area (Å²) in [6, 6.07) is 6.21. The second kappa shape index (κ2) is 7.53. The summed E-state index contributed by atoms with van der Waals surface area (Å²) in [4.78, 5) is 26.5. The number of amides is 2. The van der Waals surface area contributed by atoms with Crippen LogP contribution < -0.4 is 18.9 Å². The van der Waals surface area contributed by atoms with Crippen LogP contribution in [-0.2, 0) is 6.54 Å². The Labute approximate surface area is 163 Å². The predicted molar refractivity (Wildman–Crippen MR) is 93.4 cm³/mol. The van der Waals surface area contributed by atoms with Crippen molar-refractivity contribution in [1.82, 2.24) is 4.90 Å². The molecule has 0 spiro atoms. The molecule has 0 radical (unpaired) electrons. The van der Waals surface area contributed by atoms with Gasteiger partial charge in [0.05, 0.1) is 39.0 Å². The molecule has 1 heterocycles. The van der Waals surface area contributed by atoms with E-state index in [4.69, 9.17) is 14.2 Å². The van der Waals surface area contributed by atoms with Crippen LogP contribution in [0.2, 0.25) is 0 Å². The number of alkyl halides is 3. The molecule has 2 amide bonds. The number of nitrogens with zero attached hydrogens (tertiary/aromatic N) is 1. The molecule has 0 aromatic heterocycles. The van der Waals surface area contributed by atoms with Gasteiger partial charge in [0.25, 0.3) is 11.8 Å². The smallest absolute Gasteiger partial charge is 0.493 e. The van der Waals surface area contributed by atoms with Gasteiger partial charge in [-0.2, -0.15) is 0 Å². The molecule has 0 saturated heterocycles. The fraction of sp³-hybridized carbons (Fsp3) is 0.263. The summed E-state index contributed by atoms with van der Waals surface area (Å²) in [7, 11) is 4.12. The number of halogens is 3. The Balaban J connectivity index is 2.02. The first-order valence-corrected chi connectivity index (χ1v) is 8.24. The van der Waals surface area contributed by atoms with Crippen LogP contribution in [0.25, 0.3) is 0 Å². The Morgan fingerprint density at radius 1 is 1.00 bits per heavy atom. The fourth-order valence-electron chi connectivity index (χ4n) is 3.11. The first kappa shape index (κ1) is 20.3. The van der Waals surface area contributed by atoms with Gasteiger partial charge in [-0.3, -0.25) is 14.5 Å². The average molecular weight is 411 g/mol. The highest BCUT2D eigenvalue weighted by Gasteiger charge is 2.39. The van der Waals surface area contributed by atoms with Crippen molar-refractivity contribution in [3.8, 4) is 23.0 Å². The van der Waals surface area contributed by atoms with E-state index in [1.807, 2.05) is 0 Å². The van der Waals surface area contributed by atoms with E-state index in [0.29, 0.717) is 5.56 Å². The zero-order chi connectivity index (χ0) is 21.3. The Bertz CT molecular complexity index is 973. The van der Waals surface area contributed by atoms with Crippen molar-refractivity contribution in [3.05, 3.63) is 47.0 Å². The lowest BCUT2D eigenvalue weighted by molar-refractivity contribution is -0.274. The molecule has 0 atom stereocenters. The number of para-hydroxylation sites is 1. The molecule has 0 N–H and O–H groups in total. The predicted octanol–water partition coefficient (Wildman–Crippen LogP) is 3.41. The van der Waals surface area contributed by atoms with E-state index in [0.717, 1.165) is 17.0 Å². The van der Waals surface area contributed by atoms with Crippen LogP contribution in [0.4, 0.5) is 13.2 Å². The van der Waals surface area contributed by atoms with Crippen LogP contribution in [0.5, 0.6) is 23.0 Å². The van der Waals surface area contributed by atoms with Crippen LogP contribution in [0.1, 0.15) is 26.3 Å². The van der Waals surface area contributed by atoms with Crippen molar-refractivity contribution in [1.29, 1.82) is 0 Å². The number of benzene rings is 2. The summed E-state index contributed by atoms with van der Waals surface area (Å²) >= 11 is 0. The van der Waals surface area contributed by atoms with E-state index in [9.17, 15) is 22.8 Å². The van der Waals surface area contributed by atoms with Gasteiger partial charge in [0, 0.05) is 5.56 Å². The maximum absolute atomic E-state index is 12.9. The largest absolute Gasteiger partial charge is 0.573 e. The number of ether oxygens (including phenoxy) is 4. The van der Waals surface area contributed by atoms with E-state index in [1.165, 1.54) is 39.5 Å². The lowest BCUT2D eigenvalue weighted by Gasteiger charge is -2.17. The Morgan fingerprint density at radius 2 is 1.66 bits per heavy atom. The molecule has 10 heteroatoms. The standard InChI is InChI=1S/C19H16F3NO6/c1-26-14-8-11-12(15(27-2)16(14)28-3)9-23(18(11)25)17(24)10-6-4-5-7-13(10)29-19(20,21)22/h4-8H,9H2,1-3H3. The highest BCUT2D eigenvalue weighted by atomic mass is 19.4. The fourth-order valence-corrected chi connectivity index (χ4v) is 3.11. The zero-order valence-corrected chi connectivity index (χ0v) is 15.6. The van der Waals surface area contributed by atoms with E-state index in [-0.39, 0.29) is 29.4 Å². The number of imide groups is 1. The number of carbonyl (C=O) groups is 2. The van der Waals surface area contributed by atoms with Crippen molar-refractivity contribution >= 4 is 11.8 Å². The Morgan fingerprint density at radius 3 is 2.24 bits per heavy atom. The van der Waals surface area contributed by atoms with Gasteiger partial charge in [0.1, 0.15) is 5.75 Å². The van der Waals surface area contributed by atoms with Gasteiger partial charge >= 0.3 is 6.36 Å². The van der Waals surface area contributed by atoms with Gasteiger partial charge in [0.15, 0.2) is 11.5 Å². The molecule has 1 aliphatic heterocycles. The molecule has 0 saturated carbocycles. The number of fused-ring (bicyclic) bond motifs is 1. The topological polar surface area (TPSA) is 74.3 Å². The molecule has 0 fully saturated rings. The molecule has 1 aliphatic rings. The molecular weight excluding hydrogens is 395 g/mol. The van der Waals surface area contributed by atoms with Gasteiger partial charge in [-0.05, 0) is 18.2 Å². The van der Waals surface area contributed by atoms with Crippen molar-refractivity contribution < 1.29 is 41.7 Å². The van der Waals surface area contributed by atoms with Crippen LogP contribution >= 0.6 is 0 Å². The van der Waals surface area contributed by atoms with Gasteiger partial charge in [-0.1, -0.05) is 12.1 Å². The minimum atomic E-state index is -4.99. The van der Waals surface area contributed by atoms with Crippen LogP contribution in [0, 0.1) is 0 Å². The lowest BCUT2D eigenvalue weighted by Crippen LogP contribution is -2.32. The third-order valence-corrected chi connectivity index (χ3v) is 4.31. The first-order valence-electron chi connectivity index (χ1n) is 8.24. The molecule has 0 unspecified atom stereocenters. The third kappa shape index (κ3) is 3.65. The van der Waals surface area contributed by atoms with Crippen molar-refractivity contribution in [3.63, 3.8) is 0 Å². The summed E-state index contributed by atoms with van der Waals surface area (Å²) in [5.74, 6) is -1.69. The molecule has 3 rings (SSSR count).